The smallest absolute Gasteiger partial charge is 0.125 e. The zero-order chi connectivity index (χ0) is 12.3. The van der Waals surface area contributed by atoms with Crippen molar-refractivity contribution in [3.05, 3.63) is 34.6 Å². The highest BCUT2D eigenvalue weighted by molar-refractivity contribution is 6.30. The Hall–Kier alpha value is -0.640. The van der Waals surface area contributed by atoms with Crippen molar-refractivity contribution >= 4 is 11.6 Å². The van der Waals surface area contributed by atoms with Crippen LogP contribution in [-0.2, 0) is 6.54 Å². The second kappa shape index (κ2) is 5.80. The van der Waals surface area contributed by atoms with Gasteiger partial charge >= 0.3 is 0 Å². The normalized spacial score (nSPS) is 18.5. The van der Waals surface area contributed by atoms with Gasteiger partial charge in [-0.3, -0.25) is 4.90 Å². The summed E-state index contributed by atoms with van der Waals surface area (Å²) in [6, 6.07) is 4.73. The first-order valence-corrected chi connectivity index (χ1v) is 6.42. The largest absolute Gasteiger partial charge is 0.330 e. The highest BCUT2D eigenvalue weighted by Gasteiger charge is 2.18. The van der Waals surface area contributed by atoms with E-state index in [1.807, 2.05) is 6.07 Å². The Morgan fingerprint density at radius 3 is 2.59 bits per heavy atom. The molecule has 1 aromatic carbocycles. The van der Waals surface area contributed by atoms with Gasteiger partial charge in [0.25, 0.3) is 0 Å². The second-order valence-electron chi connectivity index (χ2n) is 4.73. The Balaban J connectivity index is 1.93. The number of rotatable bonds is 3. The van der Waals surface area contributed by atoms with Gasteiger partial charge in [-0.1, -0.05) is 11.6 Å². The van der Waals surface area contributed by atoms with Gasteiger partial charge in [0.15, 0.2) is 0 Å². The minimum atomic E-state index is -0.260. The highest BCUT2D eigenvalue weighted by Crippen LogP contribution is 2.20. The maximum absolute atomic E-state index is 13.2. The molecule has 1 saturated heterocycles. The molecule has 0 unspecified atom stereocenters. The Labute approximate surface area is 107 Å². The first kappa shape index (κ1) is 12.8. The minimum absolute atomic E-state index is 0.260. The van der Waals surface area contributed by atoms with E-state index in [1.165, 1.54) is 6.07 Å². The van der Waals surface area contributed by atoms with Gasteiger partial charge in [0.2, 0.25) is 0 Å². The molecule has 0 radical (unpaired) electrons. The van der Waals surface area contributed by atoms with Gasteiger partial charge in [-0.15, -0.1) is 0 Å². The molecule has 0 bridgehead atoms. The molecule has 0 amide bonds. The maximum Gasteiger partial charge on any atom is 0.125 e. The topological polar surface area (TPSA) is 29.3 Å². The van der Waals surface area contributed by atoms with Gasteiger partial charge in [0.05, 0.1) is 0 Å². The van der Waals surface area contributed by atoms with Crippen LogP contribution in [0.5, 0.6) is 0 Å². The van der Waals surface area contributed by atoms with Crippen molar-refractivity contribution in [3.63, 3.8) is 0 Å². The predicted molar refractivity (Wildman–Crippen MR) is 68.5 cm³/mol. The second-order valence-corrected chi connectivity index (χ2v) is 5.17. The molecular formula is C13H18ClFN2. The molecule has 2 nitrogen and oxygen atoms in total. The molecule has 1 heterocycles. The lowest BCUT2D eigenvalue weighted by Gasteiger charge is -2.31. The molecule has 2 N–H and O–H groups in total. The third-order valence-electron chi connectivity index (χ3n) is 3.37. The van der Waals surface area contributed by atoms with Crippen molar-refractivity contribution in [1.82, 2.24) is 4.90 Å². The van der Waals surface area contributed by atoms with E-state index in [1.54, 1.807) is 6.07 Å². The molecular weight excluding hydrogens is 239 g/mol. The molecule has 0 spiro atoms. The van der Waals surface area contributed by atoms with Crippen LogP contribution < -0.4 is 5.73 Å². The quantitative estimate of drug-likeness (QED) is 0.901. The van der Waals surface area contributed by atoms with Crippen LogP contribution in [0.15, 0.2) is 18.2 Å². The summed E-state index contributed by atoms with van der Waals surface area (Å²) in [5.74, 6) is 0.395. The fraction of sp³-hybridized carbons (Fsp3) is 0.538. The molecule has 0 atom stereocenters. The van der Waals surface area contributed by atoms with Crippen molar-refractivity contribution < 1.29 is 4.39 Å². The Morgan fingerprint density at radius 1 is 1.29 bits per heavy atom. The minimum Gasteiger partial charge on any atom is -0.330 e. The number of benzene rings is 1. The maximum atomic E-state index is 13.2. The van der Waals surface area contributed by atoms with E-state index < -0.39 is 0 Å². The lowest BCUT2D eigenvalue weighted by Crippen LogP contribution is -2.35. The number of hydrogen-bond acceptors (Lipinski definition) is 2. The SMILES string of the molecule is NCC1CCN(Cc2cc(F)cc(Cl)c2)CC1. The molecule has 2 rings (SSSR count). The van der Waals surface area contributed by atoms with Crippen LogP contribution in [0.1, 0.15) is 18.4 Å². The first-order chi connectivity index (χ1) is 8.17. The number of likely N-dealkylation sites (tertiary alicyclic amines) is 1. The van der Waals surface area contributed by atoms with E-state index in [-0.39, 0.29) is 5.82 Å². The molecule has 0 saturated carbocycles. The molecule has 0 aliphatic carbocycles. The van der Waals surface area contributed by atoms with E-state index in [4.69, 9.17) is 17.3 Å². The van der Waals surface area contributed by atoms with E-state index in [0.29, 0.717) is 10.9 Å². The van der Waals surface area contributed by atoms with E-state index in [9.17, 15) is 4.39 Å². The number of nitrogens with two attached hydrogens (primary N) is 1. The third-order valence-corrected chi connectivity index (χ3v) is 3.59. The van der Waals surface area contributed by atoms with Crippen LogP contribution >= 0.6 is 11.6 Å². The van der Waals surface area contributed by atoms with Crippen LogP contribution in [0, 0.1) is 11.7 Å². The lowest BCUT2D eigenvalue weighted by molar-refractivity contribution is 0.180. The van der Waals surface area contributed by atoms with Crippen molar-refractivity contribution in [2.75, 3.05) is 19.6 Å². The number of nitrogens with zero attached hydrogens (tertiary/aromatic N) is 1. The summed E-state index contributed by atoms with van der Waals surface area (Å²) in [6.45, 7) is 3.63. The van der Waals surface area contributed by atoms with Gasteiger partial charge in [0, 0.05) is 11.6 Å². The van der Waals surface area contributed by atoms with Crippen molar-refractivity contribution in [2.45, 2.75) is 19.4 Å². The molecule has 1 fully saturated rings. The lowest BCUT2D eigenvalue weighted by atomic mass is 9.97. The summed E-state index contributed by atoms with van der Waals surface area (Å²) in [5.41, 5.74) is 6.60. The fourth-order valence-electron chi connectivity index (χ4n) is 2.34. The van der Waals surface area contributed by atoms with Crippen LogP contribution in [-0.4, -0.2) is 24.5 Å². The highest BCUT2D eigenvalue weighted by atomic mass is 35.5. The molecule has 1 aliphatic rings. The van der Waals surface area contributed by atoms with Crippen LogP contribution in [0.2, 0.25) is 5.02 Å². The standard InChI is InChI=1S/C13H18ClFN2/c14-12-5-11(6-13(15)7-12)9-17-3-1-10(8-16)2-4-17/h5-7,10H,1-4,8-9,16H2. The zero-order valence-electron chi connectivity index (χ0n) is 9.83. The van der Waals surface area contributed by atoms with Crippen molar-refractivity contribution in [1.29, 1.82) is 0 Å². The Morgan fingerprint density at radius 2 is 2.00 bits per heavy atom. The predicted octanol–water partition coefficient (Wildman–Crippen LogP) is 2.65. The monoisotopic (exact) mass is 256 g/mol. The number of piperidine rings is 1. The van der Waals surface area contributed by atoms with Gasteiger partial charge in [0.1, 0.15) is 5.82 Å². The van der Waals surface area contributed by atoms with E-state index in [2.05, 4.69) is 4.90 Å². The fourth-order valence-corrected chi connectivity index (χ4v) is 2.59. The average molecular weight is 257 g/mol. The van der Waals surface area contributed by atoms with Gasteiger partial charge in [-0.05, 0) is 62.2 Å². The summed E-state index contributed by atoms with van der Waals surface area (Å²) in [7, 11) is 0. The molecule has 4 heteroatoms. The molecule has 94 valence electrons. The molecule has 0 aromatic heterocycles. The summed E-state index contributed by atoms with van der Waals surface area (Å²) in [5, 5.41) is 0.469. The van der Waals surface area contributed by atoms with Crippen molar-refractivity contribution in [2.24, 2.45) is 11.7 Å². The van der Waals surface area contributed by atoms with Gasteiger partial charge in [-0.2, -0.15) is 0 Å². The number of hydrogen-bond donors (Lipinski definition) is 1. The Kier molecular flexibility index (Phi) is 4.37. The average Bonchev–Trinajstić information content (AvgIpc) is 2.28. The summed E-state index contributed by atoms with van der Waals surface area (Å²) in [4.78, 5) is 2.33. The Bertz CT molecular complexity index is 355. The van der Waals surface area contributed by atoms with Crippen LogP contribution in [0.25, 0.3) is 0 Å². The first-order valence-electron chi connectivity index (χ1n) is 6.05. The van der Waals surface area contributed by atoms with Crippen molar-refractivity contribution in [3.8, 4) is 0 Å². The summed E-state index contributed by atoms with van der Waals surface area (Å²) >= 11 is 5.84. The van der Waals surface area contributed by atoms with E-state index in [0.717, 1.165) is 44.6 Å². The molecule has 1 aromatic rings. The third kappa shape index (κ3) is 3.66. The summed E-state index contributed by atoms with van der Waals surface area (Å²) < 4.78 is 13.2. The summed E-state index contributed by atoms with van der Waals surface area (Å²) in [6.07, 6.45) is 2.28. The van der Waals surface area contributed by atoms with Crippen LogP contribution in [0.4, 0.5) is 4.39 Å². The van der Waals surface area contributed by atoms with Gasteiger partial charge < -0.3 is 5.73 Å². The van der Waals surface area contributed by atoms with Crippen LogP contribution in [0.3, 0.4) is 0 Å². The molecule has 17 heavy (non-hydrogen) atoms. The molecule has 1 aliphatic heterocycles. The number of halogens is 2. The van der Waals surface area contributed by atoms with E-state index >= 15 is 0 Å². The van der Waals surface area contributed by atoms with Gasteiger partial charge in [-0.25, -0.2) is 4.39 Å². The zero-order valence-corrected chi connectivity index (χ0v) is 10.6.